The number of nitrogens with zero attached hydrogens (tertiary/aromatic N) is 5. The van der Waals surface area contributed by atoms with Crippen LogP contribution >= 0.6 is 0 Å². The monoisotopic (exact) mass is 281 g/mol. The van der Waals surface area contributed by atoms with Crippen molar-refractivity contribution in [2.24, 2.45) is 0 Å². The highest BCUT2D eigenvalue weighted by Gasteiger charge is 2.12. The lowest BCUT2D eigenvalue weighted by Crippen LogP contribution is -2.02. The van der Waals surface area contributed by atoms with Crippen molar-refractivity contribution in [3.8, 4) is 22.7 Å². The van der Waals surface area contributed by atoms with Gasteiger partial charge in [0.1, 0.15) is 12.1 Å². The maximum absolute atomic E-state index is 5.42. The molecule has 6 heteroatoms. The molecule has 106 valence electrons. The molecule has 0 saturated heterocycles. The molecule has 0 aliphatic heterocycles. The molecule has 0 atom stereocenters. The average molecular weight is 281 g/mol. The topological polar surface area (TPSA) is 65.7 Å². The van der Waals surface area contributed by atoms with Crippen LogP contribution in [-0.2, 0) is 0 Å². The number of ether oxygens (including phenoxy) is 1. The van der Waals surface area contributed by atoms with Crippen molar-refractivity contribution in [1.29, 1.82) is 0 Å². The second-order valence-electron chi connectivity index (χ2n) is 4.75. The van der Waals surface area contributed by atoms with Crippen LogP contribution in [0, 0.1) is 13.8 Å². The molecule has 0 unspecified atom stereocenters. The van der Waals surface area contributed by atoms with Gasteiger partial charge in [0.2, 0.25) is 0 Å². The fraction of sp³-hybridized carbons (Fsp3) is 0.200. The number of aromatic nitrogens is 5. The van der Waals surface area contributed by atoms with Crippen LogP contribution in [0.2, 0.25) is 0 Å². The zero-order valence-electron chi connectivity index (χ0n) is 12.1. The summed E-state index contributed by atoms with van der Waals surface area (Å²) in [6, 6.07) is 4.00. The Morgan fingerprint density at radius 1 is 1.05 bits per heavy atom. The minimum absolute atomic E-state index is 0.829. The summed E-state index contributed by atoms with van der Waals surface area (Å²) in [7, 11) is 1.67. The van der Waals surface area contributed by atoms with Gasteiger partial charge < -0.3 is 4.74 Å². The molecule has 0 spiro atoms. The summed E-state index contributed by atoms with van der Waals surface area (Å²) in [5.74, 6) is 0.829. The Balaban J connectivity index is 2.15. The third-order valence-corrected chi connectivity index (χ3v) is 3.47. The molecule has 0 fully saturated rings. The largest absolute Gasteiger partial charge is 0.496 e. The summed E-state index contributed by atoms with van der Waals surface area (Å²) >= 11 is 0. The van der Waals surface area contributed by atoms with Gasteiger partial charge in [-0.25, -0.2) is 14.6 Å². The third kappa shape index (κ3) is 2.35. The minimum atomic E-state index is 0.829. The van der Waals surface area contributed by atoms with Crippen LogP contribution in [0.1, 0.15) is 11.1 Å². The van der Waals surface area contributed by atoms with Crippen molar-refractivity contribution in [2.45, 2.75) is 13.8 Å². The van der Waals surface area contributed by atoms with Gasteiger partial charge in [-0.05, 0) is 31.0 Å². The van der Waals surface area contributed by atoms with Crippen LogP contribution in [0.15, 0.2) is 37.1 Å². The molecule has 0 aliphatic carbocycles. The second-order valence-corrected chi connectivity index (χ2v) is 4.75. The Bertz CT molecular complexity index is 767. The SMILES string of the molecule is COc1cc(-n2nncc2-c2cncnc2)cc(C)c1C. The first-order chi connectivity index (χ1) is 10.2. The highest BCUT2D eigenvalue weighted by molar-refractivity contribution is 5.60. The summed E-state index contributed by atoms with van der Waals surface area (Å²) in [4.78, 5) is 8.07. The molecule has 0 aliphatic rings. The van der Waals surface area contributed by atoms with E-state index < -0.39 is 0 Å². The van der Waals surface area contributed by atoms with E-state index >= 15 is 0 Å². The van der Waals surface area contributed by atoms with Crippen molar-refractivity contribution in [1.82, 2.24) is 25.0 Å². The second kappa shape index (κ2) is 5.32. The summed E-state index contributed by atoms with van der Waals surface area (Å²) in [6.45, 7) is 4.08. The van der Waals surface area contributed by atoms with Crippen molar-refractivity contribution in [3.05, 3.63) is 48.2 Å². The molecule has 2 heterocycles. The lowest BCUT2D eigenvalue weighted by Gasteiger charge is -2.12. The first-order valence-electron chi connectivity index (χ1n) is 6.52. The van der Waals surface area contributed by atoms with E-state index in [2.05, 4.69) is 26.3 Å². The molecule has 0 saturated carbocycles. The molecule has 0 amide bonds. The fourth-order valence-corrected chi connectivity index (χ4v) is 2.20. The minimum Gasteiger partial charge on any atom is -0.496 e. The normalized spacial score (nSPS) is 10.6. The Labute approximate surface area is 122 Å². The van der Waals surface area contributed by atoms with Crippen molar-refractivity contribution < 1.29 is 4.74 Å². The molecule has 1 aromatic carbocycles. The Kier molecular flexibility index (Phi) is 3.35. The average Bonchev–Trinajstić information content (AvgIpc) is 3.00. The zero-order chi connectivity index (χ0) is 14.8. The quantitative estimate of drug-likeness (QED) is 0.737. The number of aryl methyl sites for hydroxylation is 1. The zero-order valence-corrected chi connectivity index (χ0v) is 12.1. The van der Waals surface area contributed by atoms with E-state index in [0.717, 1.165) is 33.8 Å². The summed E-state index contributed by atoms with van der Waals surface area (Å²) < 4.78 is 7.18. The van der Waals surface area contributed by atoms with Crippen LogP contribution in [-0.4, -0.2) is 32.1 Å². The predicted octanol–water partition coefficient (Wildman–Crippen LogP) is 2.35. The summed E-state index contributed by atoms with van der Waals surface area (Å²) in [6.07, 6.45) is 6.66. The van der Waals surface area contributed by atoms with E-state index in [0.29, 0.717) is 0 Å². The molecule has 2 aromatic heterocycles. The molecule has 6 nitrogen and oxygen atoms in total. The molecule has 3 rings (SSSR count). The summed E-state index contributed by atoms with van der Waals surface area (Å²) in [5, 5.41) is 8.16. The number of benzene rings is 1. The van der Waals surface area contributed by atoms with Crippen molar-refractivity contribution >= 4 is 0 Å². The van der Waals surface area contributed by atoms with Gasteiger partial charge in [0, 0.05) is 24.0 Å². The van der Waals surface area contributed by atoms with E-state index in [1.165, 1.54) is 6.33 Å². The van der Waals surface area contributed by atoms with Gasteiger partial charge in [-0.1, -0.05) is 5.21 Å². The maximum atomic E-state index is 5.42. The summed E-state index contributed by atoms with van der Waals surface area (Å²) in [5.41, 5.74) is 4.84. The smallest absolute Gasteiger partial charge is 0.124 e. The van der Waals surface area contributed by atoms with Gasteiger partial charge in [0.05, 0.1) is 24.7 Å². The lowest BCUT2D eigenvalue weighted by molar-refractivity contribution is 0.411. The molecular weight excluding hydrogens is 266 g/mol. The van der Waals surface area contributed by atoms with Gasteiger partial charge in [0.15, 0.2) is 0 Å². The van der Waals surface area contributed by atoms with Gasteiger partial charge >= 0.3 is 0 Å². The lowest BCUT2D eigenvalue weighted by atomic mass is 10.1. The van der Waals surface area contributed by atoms with Crippen LogP contribution < -0.4 is 4.74 Å². The van der Waals surface area contributed by atoms with Crippen LogP contribution in [0.4, 0.5) is 0 Å². The highest BCUT2D eigenvalue weighted by Crippen LogP contribution is 2.27. The molecule has 0 radical (unpaired) electrons. The first kappa shape index (κ1) is 13.2. The van der Waals surface area contributed by atoms with Crippen molar-refractivity contribution in [2.75, 3.05) is 7.11 Å². The number of rotatable bonds is 3. The van der Waals surface area contributed by atoms with E-state index in [1.807, 2.05) is 19.9 Å². The first-order valence-corrected chi connectivity index (χ1v) is 6.52. The number of methoxy groups -OCH3 is 1. The fourth-order valence-electron chi connectivity index (χ4n) is 2.20. The van der Waals surface area contributed by atoms with Gasteiger partial charge in [0.25, 0.3) is 0 Å². The van der Waals surface area contributed by atoms with Crippen LogP contribution in [0.3, 0.4) is 0 Å². The van der Waals surface area contributed by atoms with E-state index in [4.69, 9.17) is 4.74 Å². The van der Waals surface area contributed by atoms with Crippen LogP contribution in [0.5, 0.6) is 5.75 Å². The predicted molar refractivity (Wildman–Crippen MR) is 78.4 cm³/mol. The number of hydrogen-bond donors (Lipinski definition) is 0. The van der Waals surface area contributed by atoms with Gasteiger partial charge in [-0.2, -0.15) is 0 Å². The van der Waals surface area contributed by atoms with E-state index in [-0.39, 0.29) is 0 Å². The Morgan fingerprint density at radius 2 is 1.81 bits per heavy atom. The molecular formula is C15H15N5O. The van der Waals surface area contributed by atoms with E-state index in [9.17, 15) is 0 Å². The van der Waals surface area contributed by atoms with Crippen LogP contribution in [0.25, 0.3) is 16.9 Å². The highest BCUT2D eigenvalue weighted by atomic mass is 16.5. The molecule has 3 aromatic rings. The Morgan fingerprint density at radius 3 is 2.52 bits per heavy atom. The maximum Gasteiger partial charge on any atom is 0.124 e. The molecule has 0 bridgehead atoms. The standard InChI is InChI=1S/C15H15N5O/c1-10-4-13(5-15(21-3)11(10)2)20-14(8-18-19-20)12-6-16-9-17-7-12/h4-9H,1-3H3. The van der Waals surface area contributed by atoms with Gasteiger partial charge in [-0.3, -0.25) is 0 Å². The van der Waals surface area contributed by atoms with Gasteiger partial charge in [-0.15, -0.1) is 5.10 Å². The molecule has 0 N–H and O–H groups in total. The van der Waals surface area contributed by atoms with Crippen molar-refractivity contribution in [3.63, 3.8) is 0 Å². The third-order valence-electron chi connectivity index (χ3n) is 3.47. The van der Waals surface area contributed by atoms with E-state index in [1.54, 1.807) is 30.4 Å². The number of hydrogen-bond acceptors (Lipinski definition) is 5. The molecule has 21 heavy (non-hydrogen) atoms. The Hall–Kier alpha value is -2.76.